The lowest BCUT2D eigenvalue weighted by molar-refractivity contribution is -0.137. The molecule has 4 nitrogen and oxygen atoms in total. The number of anilines is 1. The van der Waals surface area contributed by atoms with E-state index in [9.17, 15) is 27.9 Å². The van der Waals surface area contributed by atoms with Crippen molar-refractivity contribution in [1.82, 2.24) is 0 Å². The Kier molecular flexibility index (Phi) is 4.21. The van der Waals surface area contributed by atoms with E-state index >= 15 is 0 Å². The van der Waals surface area contributed by atoms with Crippen molar-refractivity contribution < 1.29 is 27.9 Å². The van der Waals surface area contributed by atoms with Gasteiger partial charge in [-0.05, 0) is 61.1 Å². The number of carbonyl (C=O) groups is 2. The maximum atomic E-state index is 13.2. The second-order valence-corrected chi connectivity index (χ2v) is 7.46. The van der Waals surface area contributed by atoms with E-state index in [1.54, 1.807) is 6.07 Å². The van der Waals surface area contributed by atoms with Crippen molar-refractivity contribution in [2.45, 2.75) is 31.9 Å². The summed E-state index contributed by atoms with van der Waals surface area (Å²) in [6, 6.07) is 9.89. The second kappa shape index (κ2) is 6.36. The van der Waals surface area contributed by atoms with Crippen LogP contribution in [0.25, 0.3) is 0 Å². The van der Waals surface area contributed by atoms with Crippen molar-refractivity contribution >= 4 is 17.6 Å². The number of hydrogen-bond donors (Lipinski definition) is 1. The zero-order valence-corrected chi connectivity index (χ0v) is 14.9. The molecule has 146 valence electrons. The van der Waals surface area contributed by atoms with E-state index in [-0.39, 0.29) is 17.2 Å². The number of rotatable bonds is 2. The SMILES string of the molecule is O=C(O)c1cccc2c1CC1(CC2)CCN(c2cccc(C(F)(F)F)c2)C1=O. The Morgan fingerprint density at radius 3 is 2.57 bits per heavy atom. The molecule has 2 aromatic carbocycles. The molecule has 1 heterocycles. The Labute approximate surface area is 159 Å². The van der Waals surface area contributed by atoms with Crippen molar-refractivity contribution in [3.05, 3.63) is 64.7 Å². The predicted octanol–water partition coefficient (Wildman–Crippen LogP) is 4.32. The average molecular weight is 389 g/mol. The minimum absolute atomic E-state index is 0.196. The molecular formula is C21H18F3NO3. The van der Waals surface area contributed by atoms with Gasteiger partial charge in [0.15, 0.2) is 0 Å². The number of aryl methyl sites for hydroxylation is 1. The third kappa shape index (κ3) is 2.95. The van der Waals surface area contributed by atoms with Crippen molar-refractivity contribution in [3.8, 4) is 0 Å². The number of alkyl halides is 3. The van der Waals surface area contributed by atoms with Crippen molar-refractivity contribution in [2.24, 2.45) is 5.41 Å². The molecule has 0 saturated carbocycles. The summed E-state index contributed by atoms with van der Waals surface area (Å²) in [5, 5.41) is 9.47. The summed E-state index contributed by atoms with van der Waals surface area (Å²) in [6.45, 7) is 0.324. The first-order valence-electron chi connectivity index (χ1n) is 9.05. The topological polar surface area (TPSA) is 57.6 Å². The number of benzene rings is 2. The highest BCUT2D eigenvalue weighted by Crippen LogP contribution is 2.46. The molecule has 2 aromatic rings. The highest BCUT2D eigenvalue weighted by Gasteiger charge is 2.49. The summed E-state index contributed by atoms with van der Waals surface area (Å²) in [4.78, 5) is 26.2. The molecule has 1 amide bonds. The van der Waals surface area contributed by atoms with Crippen LogP contribution in [0.15, 0.2) is 42.5 Å². The number of aromatic carboxylic acids is 1. The van der Waals surface area contributed by atoms with Crippen LogP contribution in [-0.2, 0) is 23.8 Å². The highest BCUT2D eigenvalue weighted by molar-refractivity contribution is 6.01. The van der Waals surface area contributed by atoms with Gasteiger partial charge in [-0.2, -0.15) is 13.2 Å². The van der Waals surface area contributed by atoms with Gasteiger partial charge in [0.2, 0.25) is 5.91 Å². The van der Waals surface area contributed by atoms with E-state index < -0.39 is 23.1 Å². The van der Waals surface area contributed by atoms with Gasteiger partial charge in [0.1, 0.15) is 0 Å². The first kappa shape index (κ1) is 18.5. The molecule has 1 atom stereocenters. The van der Waals surface area contributed by atoms with Gasteiger partial charge in [0, 0.05) is 12.2 Å². The van der Waals surface area contributed by atoms with Gasteiger partial charge in [0.05, 0.1) is 16.5 Å². The van der Waals surface area contributed by atoms with E-state index in [0.29, 0.717) is 37.8 Å². The van der Waals surface area contributed by atoms with Crippen molar-refractivity contribution in [1.29, 1.82) is 0 Å². The first-order chi connectivity index (χ1) is 13.2. The van der Waals surface area contributed by atoms with Gasteiger partial charge < -0.3 is 10.0 Å². The molecule has 7 heteroatoms. The molecule has 1 fully saturated rings. The highest BCUT2D eigenvalue weighted by atomic mass is 19.4. The van der Waals surface area contributed by atoms with Gasteiger partial charge in [-0.25, -0.2) is 4.79 Å². The summed E-state index contributed by atoms with van der Waals surface area (Å²) in [7, 11) is 0. The number of hydrogen-bond acceptors (Lipinski definition) is 2. The van der Waals surface area contributed by atoms with Gasteiger partial charge in [-0.1, -0.05) is 18.2 Å². The Balaban J connectivity index is 1.66. The Bertz CT molecular complexity index is 970. The number of nitrogens with zero attached hydrogens (tertiary/aromatic N) is 1. The van der Waals surface area contributed by atoms with Gasteiger partial charge in [-0.3, -0.25) is 4.79 Å². The van der Waals surface area contributed by atoms with E-state index in [1.165, 1.54) is 23.1 Å². The lowest BCUT2D eigenvalue weighted by Gasteiger charge is -2.34. The van der Waals surface area contributed by atoms with Crippen LogP contribution in [0.5, 0.6) is 0 Å². The molecule has 28 heavy (non-hydrogen) atoms. The predicted molar refractivity (Wildman–Crippen MR) is 96.3 cm³/mol. The quantitative estimate of drug-likeness (QED) is 0.833. The fraction of sp³-hybridized carbons (Fsp3) is 0.333. The third-order valence-corrected chi connectivity index (χ3v) is 5.89. The molecular weight excluding hydrogens is 371 g/mol. The fourth-order valence-electron chi connectivity index (χ4n) is 4.39. The third-order valence-electron chi connectivity index (χ3n) is 5.89. The average Bonchev–Trinajstić information content (AvgIpc) is 2.96. The van der Waals surface area contributed by atoms with E-state index in [0.717, 1.165) is 17.7 Å². The monoisotopic (exact) mass is 389 g/mol. The zero-order chi connectivity index (χ0) is 20.1. The minimum Gasteiger partial charge on any atom is -0.478 e. The number of carbonyl (C=O) groups excluding carboxylic acids is 1. The van der Waals surface area contributed by atoms with Crippen LogP contribution in [0, 0.1) is 5.41 Å². The van der Waals surface area contributed by atoms with Gasteiger partial charge >= 0.3 is 12.1 Å². The van der Waals surface area contributed by atoms with Gasteiger partial charge in [-0.15, -0.1) is 0 Å². The summed E-state index contributed by atoms with van der Waals surface area (Å²) >= 11 is 0. The van der Waals surface area contributed by atoms with Crippen LogP contribution < -0.4 is 4.90 Å². The molecule has 1 unspecified atom stereocenters. The number of carboxylic acids is 1. The molecule has 0 aromatic heterocycles. The van der Waals surface area contributed by atoms with E-state index in [4.69, 9.17) is 0 Å². The number of carboxylic acid groups (broad SMARTS) is 1. The van der Waals surface area contributed by atoms with Gasteiger partial charge in [0.25, 0.3) is 0 Å². The fourth-order valence-corrected chi connectivity index (χ4v) is 4.39. The summed E-state index contributed by atoms with van der Waals surface area (Å²) in [5.41, 5.74) is 0.473. The molecule has 1 N–H and O–H groups in total. The molecule has 4 rings (SSSR count). The van der Waals surface area contributed by atoms with Crippen LogP contribution in [0.3, 0.4) is 0 Å². The van der Waals surface area contributed by atoms with Crippen LogP contribution in [-0.4, -0.2) is 23.5 Å². The number of fused-ring (bicyclic) bond motifs is 1. The molecule has 2 aliphatic rings. The second-order valence-electron chi connectivity index (χ2n) is 7.46. The molecule has 1 saturated heterocycles. The Morgan fingerprint density at radius 2 is 1.86 bits per heavy atom. The largest absolute Gasteiger partial charge is 0.478 e. The van der Waals surface area contributed by atoms with Crippen LogP contribution in [0.4, 0.5) is 18.9 Å². The van der Waals surface area contributed by atoms with Crippen molar-refractivity contribution in [3.63, 3.8) is 0 Å². The number of halogens is 3. The molecule has 0 radical (unpaired) electrons. The molecule has 1 aliphatic heterocycles. The molecule has 1 aliphatic carbocycles. The Hall–Kier alpha value is -2.83. The van der Waals surface area contributed by atoms with E-state index in [1.807, 2.05) is 6.07 Å². The zero-order valence-electron chi connectivity index (χ0n) is 14.9. The number of amides is 1. The summed E-state index contributed by atoms with van der Waals surface area (Å²) < 4.78 is 39.1. The maximum Gasteiger partial charge on any atom is 0.416 e. The summed E-state index contributed by atoms with van der Waals surface area (Å²) in [6.07, 6.45) is -2.53. The molecule has 0 bridgehead atoms. The lowest BCUT2D eigenvalue weighted by atomic mass is 9.69. The standard InChI is InChI=1S/C21H18F3NO3/c22-21(23,24)14-4-2-5-15(11-14)25-10-9-20(19(25)28)8-7-13-3-1-6-16(18(26)27)17(13)12-20/h1-6,11H,7-10,12H2,(H,26,27). The molecule has 1 spiro atoms. The normalized spacial score (nSPS) is 21.8. The van der Waals surface area contributed by atoms with Crippen LogP contribution in [0.2, 0.25) is 0 Å². The lowest BCUT2D eigenvalue weighted by Crippen LogP contribution is -2.39. The first-order valence-corrected chi connectivity index (χ1v) is 9.05. The van der Waals surface area contributed by atoms with Crippen molar-refractivity contribution in [2.75, 3.05) is 11.4 Å². The smallest absolute Gasteiger partial charge is 0.416 e. The van der Waals surface area contributed by atoms with Crippen LogP contribution >= 0.6 is 0 Å². The Morgan fingerprint density at radius 1 is 1.11 bits per heavy atom. The van der Waals surface area contributed by atoms with E-state index in [2.05, 4.69) is 0 Å². The van der Waals surface area contributed by atoms with Crippen LogP contribution in [0.1, 0.15) is 39.9 Å². The minimum atomic E-state index is -4.48. The maximum absolute atomic E-state index is 13.2. The summed E-state index contributed by atoms with van der Waals surface area (Å²) in [5.74, 6) is -1.26.